The van der Waals surface area contributed by atoms with Crippen molar-refractivity contribution < 1.29 is 4.74 Å². The second-order valence-corrected chi connectivity index (χ2v) is 6.59. The monoisotopic (exact) mass is 311 g/mol. The van der Waals surface area contributed by atoms with Crippen LogP contribution in [0.5, 0.6) is 5.75 Å². The Balaban J connectivity index is 1.74. The Hall–Kier alpha value is -1.07. The molecule has 0 saturated carbocycles. The number of rotatable bonds is 2. The van der Waals surface area contributed by atoms with Gasteiger partial charge in [0.15, 0.2) is 5.96 Å². The number of benzene rings is 1. The minimum Gasteiger partial charge on any atom is -0.493 e. The maximum absolute atomic E-state index is 6.14. The fraction of sp³-hybridized carbons (Fsp3) is 0.500. The van der Waals surface area contributed by atoms with Crippen molar-refractivity contribution in [3.8, 4) is 5.75 Å². The Bertz CT molecular complexity index is 529. The minimum atomic E-state index is 0.526. The summed E-state index contributed by atoms with van der Waals surface area (Å²) in [5.41, 5.74) is 8.28. The van der Waals surface area contributed by atoms with Crippen molar-refractivity contribution in [2.24, 2.45) is 10.7 Å². The molecule has 0 atom stereocenters. The number of guanidine groups is 1. The lowest BCUT2D eigenvalue weighted by molar-refractivity contribution is 0.353. The molecule has 0 aromatic heterocycles. The number of ether oxygens (including phenoxy) is 1. The van der Waals surface area contributed by atoms with Crippen LogP contribution in [0.25, 0.3) is 0 Å². The van der Waals surface area contributed by atoms with E-state index in [4.69, 9.17) is 22.1 Å². The molecule has 108 valence electrons. The largest absolute Gasteiger partial charge is 0.493 e. The van der Waals surface area contributed by atoms with Gasteiger partial charge in [0.05, 0.1) is 13.2 Å². The number of fused-ring (bicyclic) bond motifs is 1. The van der Waals surface area contributed by atoms with Gasteiger partial charge >= 0.3 is 0 Å². The Labute approximate surface area is 128 Å². The molecule has 0 unspecified atom stereocenters. The van der Waals surface area contributed by atoms with Gasteiger partial charge in [0.1, 0.15) is 5.75 Å². The van der Waals surface area contributed by atoms with Gasteiger partial charge < -0.3 is 15.4 Å². The van der Waals surface area contributed by atoms with Crippen molar-refractivity contribution in [1.82, 2.24) is 4.90 Å². The predicted molar refractivity (Wildman–Crippen MR) is 84.9 cm³/mol. The van der Waals surface area contributed by atoms with Crippen molar-refractivity contribution in [3.63, 3.8) is 0 Å². The number of hydrogen-bond donors (Lipinski definition) is 1. The second-order valence-electron chi connectivity index (χ2n) is 4.93. The van der Waals surface area contributed by atoms with Gasteiger partial charge in [-0.05, 0) is 17.7 Å². The standard InChI is InChI=1S/C14H18ClN3OS/c15-12-7-10-1-4-19-13(10)11(8-12)9-17-14(16)18-2-5-20-6-3-18/h7-8H,1-6,9H2,(H2,16,17). The van der Waals surface area contributed by atoms with E-state index in [0.717, 1.165) is 54.0 Å². The maximum atomic E-state index is 6.14. The van der Waals surface area contributed by atoms with Crippen LogP contribution in [0.15, 0.2) is 17.1 Å². The van der Waals surface area contributed by atoms with Gasteiger partial charge in [-0.15, -0.1) is 0 Å². The molecule has 2 heterocycles. The van der Waals surface area contributed by atoms with Gasteiger partial charge in [0, 0.05) is 41.6 Å². The third-order valence-corrected chi connectivity index (χ3v) is 4.73. The van der Waals surface area contributed by atoms with Gasteiger partial charge in [0.25, 0.3) is 0 Å². The highest BCUT2D eigenvalue weighted by atomic mass is 35.5. The van der Waals surface area contributed by atoms with E-state index in [1.54, 1.807) is 0 Å². The lowest BCUT2D eigenvalue weighted by Crippen LogP contribution is -2.42. The van der Waals surface area contributed by atoms with Crippen LogP contribution in [0.4, 0.5) is 0 Å². The van der Waals surface area contributed by atoms with Crippen LogP contribution in [0.3, 0.4) is 0 Å². The highest BCUT2D eigenvalue weighted by Crippen LogP contribution is 2.33. The number of hydrogen-bond acceptors (Lipinski definition) is 3. The first-order valence-electron chi connectivity index (χ1n) is 6.81. The number of aliphatic imine (C=N–C) groups is 1. The lowest BCUT2D eigenvalue weighted by Gasteiger charge is -2.27. The third kappa shape index (κ3) is 2.99. The Morgan fingerprint density at radius 3 is 3.00 bits per heavy atom. The molecule has 1 fully saturated rings. The van der Waals surface area contributed by atoms with E-state index in [2.05, 4.69) is 9.89 Å². The van der Waals surface area contributed by atoms with E-state index in [1.807, 2.05) is 23.9 Å². The van der Waals surface area contributed by atoms with Gasteiger partial charge in [-0.25, -0.2) is 4.99 Å². The van der Waals surface area contributed by atoms with E-state index in [9.17, 15) is 0 Å². The molecule has 0 bridgehead atoms. The molecule has 0 amide bonds. The van der Waals surface area contributed by atoms with Crippen molar-refractivity contribution in [2.75, 3.05) is 31.2 Å². The first-order valence-corrected chi connectivity index (χ1v) is 8.34. The third-order valence-electron chi connectivity index (χ3n) is 3.57. The average Bonchev–Trinajstić information content (AvgIpc) is 2.93. The number of nitrogens with zero attached hydrogens (tertiary/aromatic N) is 2. The first-order chi connectivity index (χ1) is 9.74. The summed E-state index contributed by atoms with van der Waals surface area (Å²) in [4.78, 5) is 6.65. The molecule has 2 aliphatic rings. The molecule has 0 aliphatic carbocycles. The highest BCUT2D eigenvalue weighted by molar-refractivity contribution is 7.99. The summed E-state index contributed by atoms with van der Waals surface area (Å²) in [6.07, 6.45) is 0.922. The lowest BCUT2D eigenvalue weighted by atomic mass is 10.1. The molecule has 2 aliphatic heterocycles. The second kappa shape index (κ2) is 6.14. The molecule has 0 spiro atoms. The maximum Gasteiger partial charge on any atom is 0.191 e. The molecule has 1 aromatic rings. The average molecular weight is 312 g/mol. The summed E-state index contributed by atoms with van der Waals surface area (Å²) in [5, 5.41) is 0.743. The van der Waals surface area contributed by atoms with Crippen LogP contribution in [-0.2, 0) is 13.0 Å². The molecule has 4 nitrogen and oxygen atoms in total. The summed E-state index contributed by atoms with van der Waals surface area (Å²) in [6.45, 7) is 3.21. The summed E-state index contributed by atoms with van der Waals surface area (Å²) in [6, 6.07) is 3.90. The molecule has 3 rings (SSSR count). The van der Waals surface area contributed by atoms with Gasteiger partial charge in [-0.3, -0.25) is 0 Å². The van der Waals surface area contributed by atoms with Crippen LogP contribution in [0.2, 0.25) is 5.02 Å². The molecule has 20 heavy (non-hydrogen) atoms. The summed E-state index contributed by atoms with van der Waals surface area (Å²) in [5.74, 6) is 3.80. The van der Waals surface area contributed by atoms with E-state index in [0.29, 0.717) is 12.5 Å². The zero-order valence-corrected chi connectivity index (χ0v) is 12.8. The van der Waals surface area contributed by atoms with E-state index in [1.165, 1.54) is 5.56 Å². The molecule has 1 aromatic carbocycles. The summed E-state index contributed by atoms with van der Waals surface area (Å²) < 4.78 is 5.68. The van der Waals surface area contributed by atoms with Crippen molar-refractivity contribution >= 4 is 29.3 Å². The van der Waals surface area contributed by atoms with Crippen molar-refractivity contribution in [1.29, 1.82) is 0 Å². The van der Waals surface area contributed by atoms with Crippen LogP contribution in [0.1, 0.15) is 11.1 Å². The molecular weight excluding hydrogens is 294 g/mol. The molecular formula is C14H18ClN3OS. The fourth-order valence-electron chi connectivity index (χ4n) is 2.52. The molecule has 0 radical (unpaired) electrons. The Morgan fingerprint density at radius 2 is 2.20 bits per heavy atom. The Kier molecular flexibility index (Phi) is 4.27. The topological polar surface area (TPSA) is 50.9 Å². The first kappa shape index (κ1) is 13.9. The fourth-order valence-corrected chi connectivity index (χ4v) is 3.69. The van der Waals surface area contributed by atoms with Gasteiger partial charge in [-0.1, -0.05) is 11.6 Å². The van der Waals surface area contributed by atoms with Crippen LogP contribution >= 0.6 is 23.4 Å². The SMILES string of the molecule is NC(=NCc1cc(Cl)cc2c1OCC2)N1CCSCC1. The van der Waals surface area contributed by atoms with E-state index in [-0.39, 0.29) is 0 Å². The number of halogens is 1. The van der Waals surface area contributed by atoms with Gasteiger partial charge in [-0.2, -0.15) is 11.8 Å². The minimum absolute atomic E-state index is 0.526. The predicted octanol–water partition coefficient (Wildman–Crippen LogP) is 2.14. The molecule has 6 heteroatoms. The smallest absolute Gasteiger partial charge is 0.191 e. The normalized spacial score (nSPS) is 18.9. The van der Waals surface area contributed by atoms with Gasteiger partial charge in [0.2, 0.25) is 0 Å². The van der Waals surface area contributed by atoms with E-state index < -0.39 is 0 Å². The molecule has 1 saturated heterocycles. The van der Waals surface area contributed by atoms with Crippen LogP contribution < -0.4 is 10.5 Å². The Morgan fingerprint density at radius 1 is 1.40 bits per heavy atom. The van der Waals surface area contributed by atoms with Crippen molar-refractivity contribution in [2.45, 2.75) is 13.0 Å². The number of nitrogens with two attached hydrogens (primary N) is 1. The summed E-state index contributed by atoms with van der Waals surface area (Å²) in [7, 11) is 0. The van der Waals surface area contributed by atoms with Crippen LogP contribution in [-0.4, -0.2) is 42.1 Å². The quantitative estimate of drug-likeness (QED) is 0.671. The van der Waals surface area contributed by atoms with E-state index >= 15 is 0 Å². The number of thioether (sulfide) groups is 1. The molecule has 2 N–H and O–H groups in total. The zero-order chi connectivity index (χ0) is 13.9. The van der Waals surface area contributed by atoms with Crippen molar-refractivity contribution in [3.05, 3.63) is 28.3 Å². The summed E-state index contributed by atoms with van der Waals surface area (Å²) >= 11 is 8.10. The highest BCUT2D eigenvalue weighted by Gasteiger charge is 2.18. The van der Waals surface area contributed by atoms with Crippen LogP contribution in [0, 0.1) is 0 Å². The zero-order valence-electron chi connectivity index (χ0n) is 11.3.